The topological polar surface area (TPSA) is 175 Å². The zero-order valence-electron chi connectivity index (χ0n) is 56.9. The number of amides is 1. The molecule has 0 spiro atoms. The molecule has 512 valence electrons. The highest BCUT2D eigenvalue weighted by Crippen LogP contribution is 2.23. The fourth-order valence-corrected chi connectivity index (χ4v) is 11.4. The maximum Gasteiger partial charge on any atom is 0.305 e. The van der Waals surface area contributed by atoms with Crippen molar-refractivity contribution in [1.29, 1.82) is 0 Å². The van der Waals surface area contributed by atoms with Gasteiger partial charge in [-0.25, -0.2) is 0 Å². The van der Waals surface area contributed by atoms with Crippen molar-refractivity contribution in [2.75, 3.05) is 19.8 Å². The molecule has 1 amide bonds. The quantitative estimate of drug-likeness (QED) is 0.0195. The maximum absolute atomic E-state index is 13.0. The lowest BCUT2D eigenvalue weighted by Crippen LogP contribution is -2.60. The van der Waals surface area contributed by atoms with Crippen LogP contribution < -0.4 is 5.32 Å². The van der Waals surface area contributed by atoms with E-state index in [0.29, 0.717) is 19.4 Å². The third-order valence-corrected chi connectivity index (χ3v) is 17.3. The van der Waals surface area contributed by atoms with Crippen molar-refractivity contribution in [2.24, 2.45) is 0 Å². The van der Waals surface area contributed by atoms with Gasteiger partial charge in [0.25, 0.3) is 0 Å². The number of allylic oxidation sites excluding steroid dienone is 11. The maximum atomic E-state index is 13.0. The minimum atomic E-state index is -1.58. The Balaban J connectivity index is 1.89. The molecule has 0 bridgehead atoms. The van der Waals surface area contributed by atoms with E-state index in [1.807, 2.05) is 6.08 Å². The zero-order valence-corrected chi connectivity index (χ0v) is 56.9. The Bertz CT molecular complexity index is 1690. The summed E-state index contributed by atoms with van der Waals surface area (Å²) >= 11 is 0. The van der Waals surface area contributed by atoms with E-state index in [4.69, 9.17) is 14.2 Å². The minimum absolute atomic E-state index is 0.00268. The van der Waals surface area contributed by atoms with Crippen molar-refractivity contribution >= 4 is 11.9 Å². The van der Waals surface area contributed by atoms with Crippen LogP contribution in [0.4, 0.5) is 0 Å². The van der Waals surface area contributed by atoms with E-state index >= 15 is 0 Å². The number of rotatable bonds is 65. The molecule has 1 rings (SSSR count). The van der Waals surface area contributed by atoms with Crippen LogP contribution in [0.5, 0.6) is 0 Å². The second kappa shape index (κ2) is 65.6. The SMILES string of the molecule is CCCC/C=C\C/C=C\CCCCCCCC(=O)OCCCCCCCCCCCCCCC/C=C\C/C=C\CCCCCCCCCCCCCCCCCCCC(=O)NC(COC1OC(CO)C(O)C(O)C1O)C(O)/C=C/CC/C=C/CCCCC. The number of unbranched alkanes of at least 4 members (excludes halogenated alkanes) is 41. The number of hydrogen-bond acceptors (Lipinski definition) is 10. The van der Waals surface area contributed by atoms with Gasteiger partial charge in [-0.2, -0.15) is 0 Å². The highest BCUT2D eigenvalue weighted by Gasteiger charge is 2.44. The number of nitrogens with one attached hydrogen (secondary N) is 1. The van der Waals surface area contributed by atoms with E-state index in [1.54, 1.807) is 6.08 Å². The van der Waals surface area contributed by atoms with E-state index < -0.39 is 49.5 Å². The molecular formula is C77H139NO10. The van der Waals surface area contributed by atoms with Gasteiger partial charge in [0.15, 0.2) is 6.29 Å². The number of aliphatic hydroxyl groups is 5. The molecule has 1 heterocycles. The summed E-state index contributed by atoms with van der Waals surface area (Å²) in [4.78, 5) is 25.1. The predicted octanol–water partition coefficient (Wildman–Crippen LogP) is 19.5. The van der Waals surface area contributed by atoms with Crippen LogP contribution in [-0.4, -0.2) is 100 Å². The van der Waals surface area contributed by atoms with Gasteiger partial charge in [0.2, 0.25) is 5.91 Å². The van der Waals surface area contributed by atoms with Gasteiger partial charge in [-0.1, -0.05) is 299 Å². The largest absolute Gasteiger partial charge is 0.466 e. The number of ether oxygens (including phenoxy) is 3. The second-order valence-corrected chi connectivity index (χ2v) is 25.6. The first-order valence-electron chi connectivity index (χ1n) is 37.2. The monoisotopic (exact) mass is 1240 g/mol. The van der Waals surface area contributed by atoms with Gasteiger partial charge >= 0.3 is 5.97 Å². The van der Waals surface area contributed by atoms with Crippen molar-refractivity contribution in [2.45, 2.75) is 384 Å². The molecule has 7 unspecified atom stereocenters. The van der Waals surface area contributed by atoms with Gasteiger partial charge in [0.05, 0.1) is 32.0 Å². The normalized spacial score (nSPS) is 18.2. The summed E-state index contributed by atoms with van der Waals surface area (Å²) < 4.78 is 16.7. The molecule has 0 aromatic rings. The van der Waals surface area contributed by atoms with Crippen molar-refractivity contribution in [1.82, 2.24) is 5.32 Å². The fraction of sp³-hybridized carbons (Fsp3) is 0.818. The number of aliphatic hydroxyl groups excluding tert-OH is 5. The molecule has 0 aromatic carbocycles. The third-order valence-electron chi connectivity index (χ3n) is 17.3. The lowest BCUT2D eigenvalue weighted by atomic mass is 9.99. The van der Waals surface area contributed by atoms with E-state index in [1.165, 1.54) is 244 Å². The molecule has 6 N–H and O–H groups in total. The van der Waals surface area contributed by atoms with Crippen LogP contribution in [-0.2, 0) is 23.8 Å². The first-order valence-corrected chi connectivity index (χ1v) is 37.2. The summed E-state index contributed by atoms with van der Waals surface area (Å²) in [5.74, 6) is -0.194. The van der Waals surface area contributed by atoms with Crippen molar-refractivity contribution in [3.05, 3.63) is 72.9 Å². The second-order valence-electron chi connectivity index (χ2n) is 25.6. The number of carbonyl (C=O) groups is 2. The van der Waals surface area contributed by atoms with E-state index in [2.05, 4.69) is 79.9 Å². The number of esters is 1. The molecule has 0 radical (unpaired) electrons. The summed E-state index contributed by atoms with van der Waals surface area (Å²) in [6.45, 7) is 4.25. The zero-order chi connectivity index (χ0) is 63.7. The Hall–Kier alpha value is -2.90. The molecule has 0 saturated carbocycles. The molecule has 0 aliphatic carbocycles. The van der Waals surface area contributed by atoms with Crippen LogP contribution in [0.1, 0.15) is 341 Å². The van der Waals surface area contributed by atoms with Gasteiger partial charge < -0.3 is 45.1 Å². The molecule has 88 heavy (non-hydrogen) atoms. The average molecular weight is 1240 g/mol. The summed E-state index contributed by atoms with van der Waals surface area (Å²) in [5.41, 5.74) is 0. The Morgan fingerprint density at radius 1 is 0.420 bits per heavy atom. The van der Waals surface area contributed by atoms with Crippen LogP contribution in [0.15, 0.2) is 72.9 Å². The van der Waals surface area contributed by atoms with Crippen molar-refractivity contribution in [3.63, 3.8) is 0 Å². The molecule has 7 atom stereocenters. The lowest BCUT2D eigenvalue weighted by molar-refractivity contribution is -0.302. The third kappa shape index (κ3) is 53.7. The first-order chi connectivity index (χ1) is 43.2. The van der Waals surface area contributed by atoms with Gasteiger partial charge in [-0.05, 0) is 103 Å². The molecular weight excluding hydrogens is 1100 g/mol. The summed E-state index contributed by atoms with van der Waals surface area (Å²) in [6, 6.07) is -0.825. The van der Waals surface area contributed by atoms with Crippen molar-refractivity contribution in [3.8, 4) is 0 Å². The molecule has 11 nitrogen and oxygen atoms in total. The predicted molar refractivity (Wildman–Crippen MR) is 370 cm³/mol. The Labute approximate surface area is 541 Å². The van der Waals surface area contributed by atoms with Crippen molar-refractivity contribution < 1.29 is 49.3 Å². The molecule has 11 heteroatoms. The van der Waals surface area contributed by atoms with Gasteiger partial charge in [-0.15, -0.1) is 0 Å². The summed E-state index contributed by atoms with van der Waals surface area (Å²) in [6.07, 6.45) is 79.4. The van der Waals surface area contributed by atoms with Gasteiger partial charge in [0, 0.05) is 12.8 Å². The summed E-state index contributed by atoms with van der Waals surface area (Å²) in [5, 5.41) is 54.3. The van der Waals surface area contributed by atoms with Crippen LogP contribution in [0.2, 0.25) is 0 Å². The Morgan fingerprint density at radius 2 is 0.784 bits per heavy atom. The molecule has 1 aliphatic heterocycles. The average Bonchev–Trinajstić information content (AvgIpc) is 3.63. The van der Waals surface area contributed by atoms with E-state index in [-0.39, 0.29) is 18.5 Å². The van der Waals surface area contributed by atoms with E-state index in [0.717, 1.165) is 70.6 Å². The standard InChI is InChI=1S/C77H139NO10/c1-3-5-7-9-11-13-14-15-42-45-49-53-57-61-65-73(82)86-66-62-58-54-50-46-43-40-38-36-34-32-30-28-26-24-22-20-18-16-17-19-21-23-25-27-29-31-33-35-37-39-41-44-48-52-56-60-64-72(81)78-69(70(80)63-59-55-51-47-12-10-8-6-4-2)68-87-77-76(85)75(84)74(83)71(67-79)88-77/h9,11-12,14-16,18,22,24,47,59,63,69-71,74-77,79-80,83-85H,3-8,10,13,17,19-21,23,25-46,48-58,60-62,64-68H2,1-2H3,(H,78,81)/b11-9-,15-14-,18-16-,24-22-,47-12+,63-59+. The number of carbonyl (C=O) groups excluding carboxylic acids is 2. The van der Waals surface area contributed by atoms with Crippen LogP contribution in [0, 0.1) is 0 Å². The highest BCUT2D eigenvalue weighted by molar-refractivity contribution is 5.76. The van der Waals surface area contributed by atoms with E-state index in [9.17, 15) is 35.1 Å². The van der Waals surface area contributed by atoms with Gasteiger partial charge in [-0.3, -0.25) is 9.59 Å². The molecule has 1 saturated heterocycles. The Kier molecular flexibility index (Phi) is 61.9. The van der Waals surface area contributed by atoms with Crippen LogP contribution in [0.25, 0.3) is 0 Å². The van der Waals surface area contributed by atoms with Gasteiger partial charge in [0.1, 0.15) is 24.4 Å². The molecule has 0 aromatic heterocycles. The minimum Gasteiger partial charge on any atom is -0.466 e. The fourth-order valence-electron chi connectivity index (χ4n) is 11.4. The molecule has 1 aliphatic rings. The first kappa shape index (κ1) is 83.1. The Morgan fingerprint density at radius 3 is 1.23 bits per heavy atom. The highest BCUT2D eigenvalue weighted by atomic mass is 16.7. The lowest BCUT2D eigenvalue weighted by Gasteiger charge is -2.40. The van der Waals surface area contributed by atoms with Crippen LogP contribution in [0.3, 0.4) is 0 Å². The smallest absolute Gasteiger partial charge is 0.305 e. The number of hydrogen-bond donors (Lipinski definition) is 6. The van der Waals surface area contributed by atoms with Crippen LogP contribution >= 0.6 is 0 Å². The molecule has 1 fully saturated rings. The summed E-state index contributed by atoms with van der Waals surface area (Å²) in [7, 11) is 0.